The Bertz CT molecular complexity index is 808. The summed E-state index contributed by atoms with van der Waals surface area (Å²) in [6.07, 6.45) is 4.13. The number of benzene rings is 1. The fraction of sp³-hybridized carbons (Fsp3) is 0.222. The number of carbonyl (C=O) groups is 1. The zero-order valence-corrected chi connectivity index (χ0v) is 14.6. The topological polar surface area (TPSA) is 80.9 Å². The Hall–Kier alpha value is -2.67. The molecule has 0 aliphatic carbocycles. The van der Waals surface area contributed by atoms with Gasteiger partial charge in [-0.2, -0.15) is 0 Å². The molecular weight excluding hydrogens is 336 g/mol. The SMILES string of the molecule is C[C@H](Sc1nnc(-c2cccnc2)o1)C(=O)NCCc1ccccc1. The van der Waals surface area contributed by atoms with E-state index >= 15 is 0 Å². The molecule has 0 aliphatic heterocycles. The van der Waals surface area contributed by atoms with Crippen LogP contribution in [0.5, 0.6) is 0 Å². The van der Waals surface area contributed by atoms with Crippen molar-refractivity contribution in [1.82, 2.24) is 20.5 Å². The average molecular weight is 354 g/mol. The van der Waals surface area contributed by atoms with Crippen LogP contribution in [0, 0.1) is 0 Å². The van der Waals surface area contributed by atoms with Gasteiger partial charge >= 0.3 is 0 Å². The molecule has 2 aromatic heterocycles. The first-order valence-corrected chi connectivity index (χ1v) is 8.82. The number of rotatable bonds is 7. The zero-order chi connectivity index (χ0) is 17.5. The van der Waals surface area contributed by atoms with E-state index in [0.717, 1.165) is 12.0 Å². The van der Waals surface area contributed by atoms with Gasteiger partial charge in [0, 0.05) is 18.9 Å². The lowest BCUT2D eigenvalue weighted by Gasteiger charge is -2.09. The largest absolute Gasteiger partial charge is 0.411 e. The molecule has 0 spiro atoms. The minimum atomic E-state index is -0.321. The maximum Gasteiger partial charge on any atom is 0.277 e. The van der Waals surface area contributed by atoms with Gasteiger partial charge in [0.15, 0.2) is 0 Å². The van der Waals surface area contributed by atoms with Crippen LogP contribution in [0.25, 0.3) is 11.5 Å². The molecule has 0 saturated heterocycles. The van der Waals surface area contributed by atoms with Gasteiger partial charge in [-0.3, -0.25) is 9.78 Å². The average Bonchev–Trinajstić information content (AvgIpc) is 3.12. The third kappa shape index (κ3) is 4.90. The minimum absolute atomic E-state index is 0.0536. The van der Waals surface area contributed by atoms with Gasteiger partial charge in [-0.1, -0.05) is 42.1 Å². The van der Waals surface area contributed by atoms with Crippen LogP contribution in [0.15, 0.2) is 64.5 Å². The molecule has 6 nitrogen and oxygen atoms in total. The molecule has 0 bridgehead atoms. The standard InChI is InChI=1S/C18H18N4O2S/c1-13(16(23)20-11-9-14-6-3-2-4-7-14)25-18-22-21-17(24-18)15-8-5-10-19-12-15/h2-8,10,12-13H,9,11H2,1H3,(H,20,23)/t13-/m0/s1. The molecule has 0 saturated carbocycles. The zero-order valence-electron chi connectivity index (χ0n) is 13.8. The number of pyridine rings is 1. The fourth-order valence-electron chi connectivity index (χ4n) is 2.19. The third-order valence-corrected chi connectivity index (χ3v) is 4.45. The highest BCUT2D eigenvalue weighted by Crippen LogP contribution is 2.25. The first-order chi connectivity index (χ1) is 12.2. The van der Waals surface area contributed by atoms with Gasteiger partial charge in [0.05, 0.1) is 10.8 Å². The van der Waals surface area contributed by atoms with Crippen molar-refractivity contribution >= 4 is 17.7 Å². The fourth-order valence-corrected chi connectivity index (χ4v) is 2.89. The van der Waals surface area contributed by atoms with Gasteiger partial charge in [-0.05, 0) is 31.0 Å². The number of hydrogen-bond acceptors (Lipinski definition) is 6. The monoisotopic (exact) mass is 354 g/mol. The summed E-state index contributed by atoms with van der Waals surface area (Å²) in [5.74, 6) is 0.342. The van der Waals surface area contributed by atoms with E-state index in [1.165, 1.54) is 17.3 Å². The summed E-state index contributed by atoms with van der Waals surface area (Å²) in [5, 5.41) is 10.9. The molecule has 25 heavy (non-hydrogen) atoms. The first kappa shape index (κ1) is 17.2. The van der Waals surface area contributed by atoms with Crippen molar-refractivity contribution in [3.63, 3.8) is 0 Å². The summed E-state index contributed by atoms with van der Waals surface area (Å²) in [5.41, 5.74) is 1.95. The summed E-state index contributed by atoms with van der Waals surface area (Å²) in [7, 11) is 0. The number of hydrogen-bond donors (Lipinski definition) is 1. The molecule has 1 aromatic carbocycles. The minimum Gasteiger partial charge on any atom is -0.411 e. The Morgan fingerprint density at radius 1 is 1.20 bits per heavy atom. The number of nitrogens with one attached hydrogen (secondary N) is 1. The maximum absolute atomic E-state index is 12.2. The molecule has 1 N–H and O–H groups in total. The Kier molecular flexibility index (Phi) is 5.79. The van der Waals surface area contributed by atoms with Gasteiger partial charge in [-0.15, -0.1) is 10.2 Å². The van der Waals surface area contributed by atoms with Crippen LogP contribution in [0.3, 0.4) is 0 Å². The van der Waals surface area contributed by atoms with Crippen molar-refractivity contribution in [2.45, 2.75) is 23.8 Å². The van der Waals surface area contributed by atoms with Gasteiger partial charge in [0.1, 0.15) is 0 Å². The first-order valence-electron chi connectivity index (χ1n) is 7.94. The number of carbonyl (C=O) groups excluding carboxylic acids is 1. The summed E-state index contributed by atoms with van der Waals surface area (Å²) < 4.78 is 5.59. The molecule has 128 valence electrons. The maximum atomic E-state index is 12.2. The summed E-state index contributed by atoms with van der Waals surface area (Å²) in [4.78, 5) is 16.2. The van der Waals surface area contributed by atoms with Crippen molar-refractivity contribution in [1.29, 1.82) is 0 Å². The van der Waals surface area contributed by atoms with Crippen LogP contribution < -0.4 is 5.32 Å². The van der Waals surface area contributed by atoms with E-state index in [9.17, 15) is 4.79 Å². The van der Waals surface area contributed by atoms with Crippen LogP contribution in [0.1, 0.15) is 12.5 Å². The molecule has 3 aromatic rings. The van der Waals surface area contributed by atoms with Crippen molar-refractivity contribution in [3.8, 4) is 11.5 Å². The Morgan fingerprint density at radius 2 is 2.04 bits per heavy atom. The molecule has 1 atom stereocenters. The molecule has 0 fully saturated rings. The molecule has 0 radical (unpaired) electrons. The highest BCUT2D eigenvalue weighted by molar-refractivity contribution is 8.00. The second-order valence-electron chi connectivity index (χ2n) is 5.40. The van der Waals surface area contributed by atoms with Crippen molar-refractivity contribution in [2.24, 2.45) is 0 Å². The highest BCUT2D eigenvalue weighted by Gasteiger charge is 2.18. The van der Waals surface area contributed by atoms with Crippen LogP contribution in [-0.2, 0) is 11.2 Å². The summed E-state index contributed by atoms with van der Waals surface area (Å²) in [6.45, 7) is 2.41. The van der Waals surface area contributed by atoms with Crippen molar-refractivity contribution < 1.29 is 9.21 Å². The van der Waals surface area contributed by atoms with E-state index in [1.54, 1.807) is 18.5 Å². The smallest absolute Gasteiger partial charge is 0.277 e. The lowest BCUT2D eigenvalue weighted by Crippen LogP contribution is -2.32. The van der Waals surface area contributed by atoms with Crippen LogP contribution in [0.4, 0.5) is 0 Å². The molecular formula is C18H18N4O2S. The van der Waals surface area contributed by atoms with E-state index < -0.39 is 0 Å². The van der Waals surface area contributed by atoms with E-state index in [0.29, 0.717) is 17.7 Å². The van der Waals surface area contributed by atoms with E-state index in [1.807, 2.05) is 43.3 Å². The Balaban J connectivity index is 1.49. The van der Waals surface area contributed by atoms with E-state index in [-0.39, 0.29) is 11.2 Å². The predicted octanol–water partition coefficient (Wildman–Crippen LogP) is 2.97. The molecule has 0 unspecified atom stereocenters. The second kappa shape index (κ2) is 8.43. The molecule has 0 aliphatic rings. The summed E-state index contributed by atoms with van der Waals surface area (Å²) in [6, 6.07) is 13.7. The summed E-state index contributed by atoms with van der Waals surface area (Å²) >= 11 is 1.24. The van der Waals surface area contributed by atoms with Crippen LogP contribution in [-0.4, -0.2) is 32.9 Å². The van der Waals surface area contributed by atoms with Crippen molar-refractivity contribution in [2.75, 3.05) is 6.54 Å². The normalized spacial score (nSPS) is 11.9. The van der Waals surface area contributed by atoms with Gasteiger partial charge in [0.2, 0.25) is 11.8 Å². The molecule has 3 rings (SSSR count). The quantitative estimate of drug-likeness (QED) is 0.657. The van der Waals surface area contributed by atoms with E-state index in [4.69, 9.17) is 4.42 Å². The number of aromatic nitrogens is 3. The highest BCUT2D eigenvalue weighted by atomic mass is 32.2. The lowest BCUT2D eigenvalue weighted by molar-refractivity contribution is -0.120. The van der Waals surface area contributed by atoms with Crippen LogP contribution >= 0.6 is 11.8 Å². The Labute approximate surface area is 150 Å². The molecule has 7 heteroatoms. The molecule has 1 amide bonds. The molecule has 2 heterocycles. The lowest BCUT2D eigenvalue weighted by atomic mass is 10.1. The van der Waals surface area contributed by atoms with Gasteiger partial charge < -0.3 is 9.73 Å². The predicted molar refractivity (Wildman–Crippen MR) is 96.0 cm³/mol. The number of nitrogens with zero attached hydrogens (tertiary/aromatic N) is 3. The third-order valence-electron chi connectivity index (χ3n) is 3.52. The van der Waals surface area contributed by atoms with Gasteiger partial charge in [0.25, 0.3) is 5.22 Å². The number of amides is 1. The van der Waals surface area contributed by atoms with Gasteiger partial charge in [-0.25, -0.2) is 0 Å². The second-order valence-corrected chi connectivity index (χ2v) is 6.69. The van der Waals surface area contributed by atoms with E-state index in [2.05, 4.69) is 20.5 Å². The van der Waals surface area contributed by atoms with Crippen LogP contribution in [0.2, 0.25) is 0 Å². The number of thioether (sulfide) groups is 1. The van der Waals surface area contributed by atoms with Crippen molar-refractivity contribution in [3.05, 3.63) is 60.4 Å². The Morgan fingerprint density at radius 3 is 2.80 bits per heavy atom.